The molecule has 22 heavy (non-hydrogen) atoms. The minimum absolute atomic E-state index is 0.0255. The second kappa shape index (κ2) is 7.15. The summed E-state index contributed by atoms with van der Waals surface area (Å²) in [6, 6.07) is 7.15. The highest BCUT2D eigenvalue weighted by Crippen LogP contribution is 2.15. The van der Waals surface area contributed by atoms with Gasteiger partial charge in [0.15, 0.2) is 0 Å². The monoisotopic (exact) mass is 304 g/mol. The molecule has 1 aromatic carbocycles. The Morgan fingerprint density at radius 3 is 2.41 bits per heavy atom. The molecule has 0 spiro atoms. The Morgan fingerprint density at radius 1 is 1.27 bits per heavy atom. The number of urea groups is 1. The number of nitrogens with zero attached hydrogens (tertiary/aromatic N) is 2. The first-order valence-corrected chi connectivity index (χ1v) is 7.75. The molecule has 1 saturated heterocycles. The van der Waals surface area contributed by atoms with Gasteiger partial charge >= 0.3 is 6.03 Å². The average molecular weight is 304 g/mol. The summed E-state index contributed by atoms with van der Waals surface area (Å²) in [5, 5.41) is 2.95. The zero-order valence-corrected chi connectivity index (χ0v) is 13.2. The Bertz CT molecular complexity index is 525. The molecule has 0 radical (unpaired) electrons. The Morgan fingerprint density at radius 2 is 1.91 bits per heavy atom. The van der Waals surface area contributed by atoms with Crippen LogP contribution in [0, 0.1) is 0 Å². The van der Waals surface area contributed by atoms with Crippen LogP contribution in [0.3, 0.4) is 0 Å². The minimum atomic E-state index is -0.430. The number of benzene rings is 1. The Hall–Kier alpha value is -2.24. The van der Waals surface area contributed by atoms with Crippen LogP contribution in [0.15, 0.2) is 24.3 Å². The number of hydrogen-bond donors (Lipinski definition) is 2. The number of hydrogen-bond acceptors (Lipinski definition) is 3. The van der Waals surface area contributed by atoms with Crippen LogP contribution in [0.4, 0.5) is 10.5 Å². The highest BCUT2D eigenvalue weighted by molar-refractivity contribution is 5.94. The molecule has 1 aromatic rings. The fourth-order valence-corrected chi connectivity index (χ4v) is 2.76. The lowest BCUT2D eigenvalue weighted by Gasteiger charge is -2.21. The molecule has 2 rings (SSSR count). The van der Waals surface area contributed by atoms with E-state index in [2.05, 4.69) is 24.1 Å². The number of carbonyl (C=O) groups is 2. The molecule has 3 amide bonds. The molecule has 3 N–H and O–H groups in total. The molecular weight excluding hydrogens is 280 g/mol. The van der Waals surface area contributed by atoms with Crippen LogP contribution < -0.4 is 16.0 Å². The van der Waals surface area contributed by atoms with E-state index in [4.69, 9.17) is 5.73 Å². The van der Waals surface area contributed by atoms with Crippen LogP contribution in [-0.4, -0.2) is 49.1 Å². The van der Waals surface area contributed by atoms with Crippen molar-refractivity contribution in [2.75, 3.05) is 31.1 Å². The van der Waals surface area contributed by atoms with E-state index in [1.54, 1.807) is 4.90 Å². The number of likely N-dealkylation sites (tertiary alicyclic amines) is 1. The molecule has 0 bridgehead atoms. The first kappa shape index (κ1) is 16.1. The second-order valence-corrected chi connectivity index (χ2v) is 5.46. The first-order chi connectivity index (χ1) is 10.5. The highest BCUT2D eigenvalue weighted by Gasteiger charge is 2.26. The van der Waals surface area contributed by atoms with Crippen LogP contribution in [0.5, 0.6) is 0 Å². The Kier molecular flexibility index (Phi) is 5.25. The van der Waals surface area contributed by atoms with Crippen molar-refractivity contribution >= 4 is 17.6 Å². The van der Waals surface area contributed by atoms with Crippen molar-refractivity contribution in [3.63, 3.8) is 0 Å². The molecule has 120 valence electrons. The largest absolute Gasteiger partial charge is 0.372 e. The van der Waals surface area contributed by atoms with Gasteiger partial charge in [0.05, 0.1) is 0 Å². The van der Waals surface area contributed by atoms with Crippen molar-refractivity contribution in [1.82, 2.24) is 10.2 Å². The normalized spacial score (nSPS) is 17.4. The van der Waals surface area contributed by atoms with Gasteiger partial charge in [-0.25, -0.2) is 4.79 Å². The quantitative estimate of drug-likeness (QED) is 0.863. The number of amides is 3. The maximum absolute atomic E-state index is 12.2. The van der Waals surface area contributed by atoms with E-state index in [1.165, 1.54) is 0 Å². The standard InChI is InChI=1S/C16H24N4O2/c1-3-19(4-2)14-7-5-12(6-8-14)15(21)18-13-9-10-20(11-13)16(17)22/h5-8,13H,3-4,9-11H2,1-2H3,(H2,17,22)(H,18,21)/t13-/m0/s1. The summed E-state index contributed by atoms with van der Waals surface area (Å²) < 4.78 is 0. The number of anilines is 1. The van der Waals surface area contributed by atoms with Crippen LogP contribution in [-0.2, 0) is 0 Å². The van der Waals surface area contributed by atoms with E-state index >= 15 is 0 Å². The maximum atomic E-state index is 12.2. The van der Waals surface area contributed by atoms with Crippen molar-refractivity contribution in [3.05, 3.63) is 29.8 Å². The molecule has 1 fully saturated rings. The molecule has 1 aliphatic rings. The van der Waals surface area contributed by atoms with Crippen LogP contribution in [0.25, 0.3) is 0 Å². The molecule has 6 heteroatoms. The lowest BCUT2D eigenvalue weighted by molar-refractivity contribution is 0.0938. The zero-order chi connectivity index (χ0) is 16.1. The third-order valence-corrected chi connectivity index (χ3v) is 4.09. The predicted octanol–water partition coefficient (Wildman–Crippen LogP) is 1.42. The smallest absolute Gasteiger partial charge is 0.314 e. The SMILES string of the molecule is CCN(CC)c1ccc(C(=O)N[C@H]2CCN(C(N)=O)C2)cc1. The van der Waals surface area contributed by atoms with Crippen molar-refractivity contribution in [1.29, 1.82) is 0 Å². The summed E-state index contributed by atoms with van der Waals surface area (Å²) in [7, 11) is 0. The van der Waals surface area contributed by atoms with Crippen LogP contribution in [0.1, 0.15) is 30.6 Å². The van der Waals surface area contributed by atoms with Crippen LogP contribution in [0.2, 0.25) is 0 Å². The molecule has 0 unspecified atom stereocenters. The predicted molar refractivity (Wildman–Crippen MR) is 87.0 cm³/mol. The number of nitrogens with one attached hydrogen (secondary N) is 1. The molecule has 6 nitrogen and oxygen atoms in total. The average Bonchev–Trinajstić information content (AvgIpc) is 2.98. The van der Waals surface area contributed by atoms with Gasteiger partial charge in [0.1, 0.15) is 0 Å². The Balaban J connectivity index is 1.94. The van der Waals surface area contributed by atoms with E-state index in [1.807, 2.05) is 24.3 Å². The topological polar surface area (TPSA) is 78.7 Å². The van der Waals surface area contributed by atoms with Crippen LogP contribution >= 0.6 is 0 Å². The summed E-state index contributed by atoms with van der Waals surface area (Å²) in [5.74, 6) is -0.109. The number of primary amides is 1. The minimum Gasteiger partial charge on any atom is -0.372 e. The molecule has 1 heterocycles. The van der Waals surface area contributed by atoms with Gasteiger partial charge < -0.3 is 20.9 Å². The summed E-state index contributed by atoms with van der Waals surface area (Å²) >= 11 is 0. The van der Waals surface area contributed by atoms with Gasteiger partial charge in [0, 0.05) is 43.5 Å². The van der Waals surface area contributed by atoms with Crippen molar-refractivity contribution in [3.8, 4) is 0 Å². The molecular formula is C16H24N4O2. The third kappa shape index (κ3) is 3.69. The number of nitrogens with two attached hydrogens (primary N) is 1. The lowest BCUT2D eigenvalue weighted by atomic mass is 10.1. The molecule has 0 aliphatic carbocycles. The summed E-state index contributed by atoms with van der Waals surface area (Å²) in [5.41, 5.74) is 6.99. The molecule has 1 atom stereocenters. The van der Waals surface area contributed by atoms with Gasteiger partial charge in [-0.1, -0.05) is 0 Å². The fraction of sp³-hybridized carbons (Fsp3) is 0.500. The van der Waals surface area contributed by atoms with E-state index in [9.17, 15) is 9.59 Å². The zero-order valence-electron chi connectivity index (χ0n) is 13.2. The highest BCUT2D eigenvalue weighted by atomic mass is 16.2. The van der Waals surface area contributed by atoms with Gasteiger partial charge in [-0.2, -0.15) is 0 Å². The fourth-order valence-electron chi connectivity index (χ4n) is 2.76. The van der Waals surface area contributed by atoms with Crippen molar-refractivity contribution in [2.24, 2.45) is 5.73 Å². The van der Waals surface area contributed by atoms with Gasteiger partial charge in [-0.15, -0.1) is 0 Å². The molecule has 0 aromatic heterocycles. The lowest BCUT2D eigenvalue weighted by Crippen LogP contribution is -2.40. The Labute approximate surface area is 131 Å². The van der Waals surface area contributed by atoms with Gasteiger partial charge in [0.2, 0.25) is 0 Å². The number of carbonyl (C=O) groups excluding carboxylic acids is 2. The first-order valence-electron chi connectivity index (χ1n) is 7.75. The number of rotatable bonds is 5. The van der Waals surface area contributed by atoms with E-state index in [0.717, 1.165) is 25.2 Å². The van der Waals surface area contributed by atoms with Gasteiger partial charge in [0.25, 0.3) is 5.91 Å². The van der Waals surface area contributed by atoms with E-state index < -0.39 is 6.03 Å². The van der Waals surface area contributed by atoms with Crippen molar-refractivity contribution < 1.29 is 9.59 Å². The van der Waals surface area contributed by atoms with E-state index in [-0.39, 0.29) is 11.9 Å². The van der Waals surface area contributed by atoms with E-state index in [0.29, 0.717) is 18.7 Å². The molecule has 1 aliphatic heterocycles. The third-order valence-electron chi connectivity index (χ3n) is 4.09. The van der Waals surface area contributed by atoms with Gasteiger partial charge in [-0.3, -0.25) is 4.79 Å². The summed E-state index contributed by atoms with van der Waals surface area (Å²) in [6.45, 7) is 7.17. The maximum Gasteiger partial charge on any atom is 0.314 e. The molecule has 0 saturated carbocycles. The van der Waals surface area contributed by atoms with Gasteiger partial charge in [-0.05, 0) is 44.5 Å². The second-order valence-electron chi connectivity index (χ2n) is 5.46. The summed E-state index contributed by atoms with van der Waals surface area (Å²) in [4.78, 5) is 27.1. The summed E-state index contributed by atoms with van der Waals surface area (Å²) in [6.07, 6.45) is 0.742. The van der Waals surface area contributed by atoms with Crippen molar-refractivity contribution in [2.45, 2.75) is 26.3 Å².